The maximum Gasteiger partial charge on any atom is 0.242 e. The van der Waals surface area contributed by atoms with Crippen LogP contribution in [-0.4, -0.2) is 48.4 Å². The Morgan fingerprint density at radius 3 is 2.56 bits per heavy atom. The molecule has 6 heteroatoms. The molecule has 0 bridgehead atoms. The number of rotatable bonds is 7. The van der Waals surface area contributed by atoms with E-state index in [1.807, 2.05) is 36.9 Å². The smallest absolute Gasteiger partial charge is 0.242 e. The summed E-state index contributed by atoms with van der Waals surface area (Å²) in [7, 11) is 0. The number of anilines is 2. The molecule has 6 nitrogen and oxygen atoms in total. The standard InChI is InChI=1S/C26H34N4O2/c1-3-30-24-11-10-23(17-21(24)9-12-25(30)31)27-19(2)26(32)28-22-13-15-29(16-14-22)18-20-7-5-4-6-8-20/h4-8,10-11,17,19,22,27H,3,9,12-16,18H2,1-2H3,(H,28,32). The van der Waals surface area contributed by atoms with Crippen molar-refractivity contribution in [2.24, 2.45) is 0 Å². The molecular formula is C26H34N4O2. The molecule has 170 valence electrons. The fraction of sp³-hybridized carbons (Fsp3) is 0.462. The van der Waals surface area contributed by atoms with Gasteiger partial charge in [0.15, 0.2) is 0 Å². The highest BCUT2D eigenvalue weighted by Crippen LogP contribution is 2.30. The number of nitrogens with zero attached hydrogens (tertiary/aromatic N) is 2. The third-order valence-electron chi connectivity index (χ3n) is 6.56. The number of carbonyl (C=O) groups excluding carboxylic acids is 2. The van der Waals surface area contributed by atoms with Gasteiger partial charge in [-0.3, -0.25) is 14.5 Å². The molecular weight excluding hydrogens is 400 g/mol. The van der Waals surface area contributed by atoms with Crippen LogP contribution in [0.2, 0.25) is 0 Å². The van der Waals surface area contributed by atoms with Crippen LogP contribution >= 0.6 is 0 Å². The first kappa shape index (κ1) is 22.3. The molecule has 2 aromatic carbocycles. The Morgan fingerprint density at radius 1 is 1.09 bits per heavy atom. The van der Waals surface area contributed by atoms with Gasteiger partial charge in [-0.2, -0.15) is 0 Å². The number of amides is 2. The number of hydrogen-bond acceptors (Lipinski definition) is 4. The molecule has 0 saturated carbocycles. The van der Waals surface area contributed by atoms with Crippen molar-refractivity contribution in [2.45, 2.75) is 58.2 Å². The lowest BCUT2D eigenvalue weighted by atomic mass is 10.00. The van der Waals surface area contributed by atoms with Crippen LogP contribution in [0.4, 0.5) is 11.4 Å². The molecule has 1 unspecified atom stereocenters. The van der Waals surface area contributed by atoms with E-state index in [9.17, 15) is 9.59 Å². The highest BCUT2D eigenvalue weighted by molar-refractivity contribution is 5.96. The summed E-state index contributed by atoms with van der Waals surface area (Å²) in [5.41, 5.74) is 4.42. The Kier molecular flexibility index (Phi) is 7.10. The third-order valence-corrected chi connectivity index (χ3v) is 6.56. The van der Waals surface area contributed by atoms with E-state index in [-0.39, 0.29) is 23.9 Å². The number of piperidine rings is 1. The van der Waals surface area contributed by atoms with Gasteiger partial charge in [-0.05, 0) is 62.4 Å². The van der Waals surface area contributed by atoms with E-state index in [0.29, 0.717) is 13.0 Å². The minimum absolute atomic E-state index is 0.0367. The van der Waals surface area contributed by atoms with E-state index >= 15 is 0 Å². The lowest BCUT2D eigenvalue weighted by molar-refractivity contribution is -0.122. The van der Waals surface area contributed by atoms with Gasteiger partial charge in [-0.25, -0.2) is 0 Å². The SMILES string of the molecule is CCN1C(=O)CCc2cc(NC(C)C(=O)NC3CCN(Cc4ccccc4)CC3)ccc21. The van der Waals surface area contributed by atoms with E-state index in [1.165, 1.54) is 5.56 Å². The molecule has 2 amide bonds. The number of nitrogens with one attached hydrogen (secondary N) is 2. The summed E-state index contributed by atoms with van der Waals surface area (Å²) >= 11 is 0. The molecule has 32 heavy (non-hydrogen) atoms. The van der Waals surface area contributed by atoms with E-state index in [0.717, 1.165) is 55.8 Å². The molecule has 2 aliphatic heterocycles. The molecule has 0 aromatic heterocycles. The minimum atomic E-state index is -0.317. The van der Waals surface area contributed by atoms with Crippen molar-refractivity contribution >= 4 is 23.2 Å². The summed E-state index contributed by atoms with van der Waals surface area (Å²) in [4.78, 5) is 29.2. The number of fused-ring (bicyclic) bond motifs is 1. The van der Waals surface area contributed by atoms with Crippen LogP contribution in [-0.2, 0) is 22.6 Å². The van der Waals surface area contributed by atoms with Gasteiger partial charge in [0.25, 0.3) is 0 Å². The van der Waals surface area contributed by atoms with Crippen LogP contribution in [0.15, 0.2) is 48.5 Å². The van der Waals surface area contributed by atoms with Crippen LogP contribution in [0.25, 0.3) is 0 Å². The molecule has 2 aromatic rings. The number of aryl methyl sites for hydroxylation is 1. The van der Waals surface area contributed by atoms with E-state index in [1.54, 1.807) is 0 Å². The van der Waals surface area contributed by atoms with E-state index in [2.05, 4.69) is 45.9 Å². The number of carbonyl (C=O) groups is 2. The Morgan fingerprint density at radius 2 is 1.84 bits per heavy atom. The molecule has 2 N–H and O–H groups in total. The molecule has 1 atom stereocenters. The van der Waals surface area contributed by atoms with Crippen molar-refractivity contribution in [1.82, 2.24) is 10.2 Å². The lowest BCUT2D eigenvalue weighted by Gasteiger charge is -2.33. The molecule has 1 saturated heterocycles. The van der Waals surface area contributed by atoms with Crippen molar-refractivity contribution in [3.63, 3.8) is 0 Å². The zero-order chi connectivity index (χ0) is 22.5. The first-order valence-corrected chi connectivity index (χ1v) is 11.8. The van der Waals surface area contributed by atoms with Gasteiger partial charge in [-0.15, -0.1) is 0 Å². The summed E-state index contributed by atoms with van der Waals surface area (Å²) in [5.74, 6) is 0.220. The van der Waals surface area contributed by atoms with Crippen LogP contribution in [0.5, 0.6) is 0 Å². The van der Waals surface area contributed by atoms with Crippen molar-refractivity contribution in [1.29, 1.82) is 0 Å². The van der Waals surface area contributed by atoms with Crippen molar-refractivity contribution < 1.29 is 9.59 Å². The third kappa shape index (κ3) is 5.30. The second-order valence-electron chi connectivity index (χ2n) is 8.89. The quantitative estimate of drug-likeness (QED) is 0.699. The fourth-order valence-corrected chi connectivity index (χ4v) is 4.72. The number of likely N-dealkylation sites (tertiary alicyclic amines) is 1. The van der Waals surface area contributed by atoms with Gasteiger partial charge in [-0.1, -0.05) is 30.3 Å². The summed E-state index contributed by atoms with van der Waals surface area (Å²) < 4.78 is 0. The second kappa shape index (κ2) is 10.2. The molecule has 0 radical (unpaired) electrons. The molecule has 4 rings (SSSR count). The molecule has 0 aliphatic carbocycles. The van der Waals surface area contributed by atoms with Gasteiger partial charge in [0, 0.05) is 50.0 Å². The maximum absolute atomic E-state index is 12.8. The fourth-order valence-electron chi connectivity index (χ4n) is 4.72. The van der Waals surface area contributed by atoms with Crippen LogP contribution in [0.1, 0.15) is 44.2 Å². The largest absolute Gasteiger partial charge is 0.374 e. The number of hydrogen-bond donors (Lipinski definition) is 2. The van der Waals surface area contributed by atoms with Gasteiger partial charge in [0.05, 0.1) is 0 Å². The van der Waals surface area contributed by atoms with Gasteiger partial charge in [0.1, 0.15) is 6.04 Å². The summed E-state index contributed by atoms with van der Waals surface area (Å²) in [6.07, 6.45) is 3.25. The zero-order valence-corrected chi connectivity index (χ0v) is 19.1. The van der Waals surface area contributed by atoms with Crippen LogP contribution in [0, 0.1) is 0 Å². The second-order valence-corrected chi connectivity index (χ2v) is 8.89. The molecule has 1 fully saturated rings. The summed E-state index contributed by atoms with van der Waals surface area (Å²) in [6, 6.07) is 16.5. The topological polar surface area (TPSA) is 64.7 Å². The van der Waals surface area contributed by atoms with Crippen LogP contribution < -0.4 is 15.5 Å². The first-order valence-electron chi connectivity index (χ1n) is 11.8. The van der Waals surface area contributed by atoms with E-state index in [4.69, 9.17) is 0 Å². The van der Waals surface area contributed by atoms with Gasteiger partial charge < -0.3 is 15.5 Å². The van der Waals surface area contributed by atoms with Gasteiger partial charge in [0.2, 0.25) is 11.8 Å². The minimum Gasteiger partial charge on any atom is -0.374 e. The Bertz CT molecular complexity index is 938. The summed E-state index contributed by atoms with van der Waals surface area (Å²) in [6.45, 7) is 7.55. The summed E-state index contributed by atoms with van der Waals surface area (Å²) in [5, 5.41) is 6.57. The average molecular weight is 435 g/mol. The molecule has 0 spiro atoms. The first-order chi connectivity index (χ1) is 15.5. The highest BCUT2D eigenvalue weighted by Gasteiger charge is 2.25. The average Bonchev–Trinajstić information content (AvgIpc) is 2.81. The number of benzene rings is 2. The molecule has 2 heterocycles. The Labute approximate surface area is 191 Å². The van der Waals surface area contributed by atoms with Crippen molar-refractivity contribution in [3.8, 4) is 0 Å². The van der Waals surface area contributed by atoms with Crippen molar-refractivity contribution in [2.75, 3.05) is 29.9 Å². The zero-order valence-electron chi connectivity index (χ0n) is 19.1. The van der Waals surface area contributed by atoms with Gasteiger partial charge >= 0.3 is 0 Å². The van der Waals surface area contributed by atoms with Crippen LogP contribution in [0.3, 0.4) is 0 Å². The maximum atomic E-state index is 12.8. The normalized spacial score (nSPS) is 18.2. The Balaban J connectivity index is 1.26. The lowest BCUT2D eigenvalue weighted by Crippen LogP contribution is -2.48. The Hall–Kier alpha value is -2.86. The van der Waals surface area contributed by atoms with Crippen molar-refractivity contribution in [3.05, 3.63) is 59.7 Å². The predicted octanol–water partition coefficient (Wildman–Crippen LogP) is 3.57. The highest BCUT2D eigenvalue weighted by atomic mass is 16.2. The predicted molar refractivity (Wildman–Crippen MR) is 129 cm³/mol. The molecule has 2 aliphatic rings. The van der Waals surface area contributed by atoms with E-state index < -0.39 is 0 Å². The monoisotopic (exact) mass is 434 g/mol.